The number of aryl methyl sites for hydroxylation is 1. The number of nitrogens with one attached hydrogen (secondary N) is 1. The predicted octanol–water partition coefficient (Wildman–Crippen LogP) is 1.94. The largest absolute Gasteiger partial charge is 0.326 e. The number of unbranched alkanes of at least 4 members (excludes halogenated alkanes) is 1. The predicted molar refractivity (Wildman–Crippen MR) is 79.8 cm³/mol. The number of hydrogen-bond donors (Lipinski definition) is 2. The second kappa shape index (κ2) is 7.49. The van der Waals surface area contributed by atoms with Gasteiger partial charge in [-0.2, -0.15) is 11.8 Å². The number of hydrogen-bond acceptors (Lipinski definition) is 5. The van der Waals surface area contributed by atoms with E-state index in [9.17, 15) is 8.42 Å². The van der Waals surface area contributed by atoms with Crippen molar-refractivity contribution in [1.29, 1.82) is 0 Å². The van der Waals surface area contributed by atoms with E-state index in [0.717, 1.165) is 29.0 Å². The topological polar surface area (TPSA) is 72.2 Å². The molecule has 0 amide bonds. The van der Waals surface area contributed by atoms with E-state index < -0.39 is 10.0 Å². The Balaban J connectivity index is 2.65. The first-order valence-corrected chi connectivity index (χ1v) is 9.54. The Morgan fingerprint density at radius 2 is 2.17 bits per heavy atom. The minimum atomic E-state index is -3.40. The van der Waals surface area contributed by atoms with Crippen molar-refractivity contribution in [2.75, 3.05) is 18.6 Å². The average molecular weight is 308 g/mol. The third-order valence-corrected chi connectivity index (χ3v) is 6.15. The summed E-state index contributed by atoms with van der Waals surface area (Å²) in [7, 11) is -3.40. The van der Waals surface area contributed by atoms with E-state index in [0.29, 0.717) is 11.4 Å². The molecule has 0 aliphatic heterocycles. The van der Waals surface area contributed by atoms with Crippen LogP contribution in [-0.4, -0.2) is 27.0 Å². The lowest BCUT2D eigenvalue weighted by Gasteiger charge is -2.08. The van der Waals surface area contributed by atoms with Crippen molar-refractivity contribution in [1.82, 2.24) is 4.72 Å². The Kier molecular flexibility index (Phi) is 6.65. The molecule has 1 aromatic heterocycles. The van der Waals surface area contributed by atoms with Crippen LogP contribution in [0.5, 0.6) is 0 Å². The Morgan fingerprint density at radius 3 is 2.78 bits per heavy atom. The van der Waals surface area contributed by atoms with Crippen molar-refractivity contribution in [2.45, 2.75) is 31.2 Å². The Hall–Kier alpha value is -0.0800. The molecule has 104 valence electrons. The summed E-state index contributed by atoms with van der Waals surface area (Å²) < 4.78 is 27.0. The lowest BCUT2D eigenvalue weighted by Crippen LogP contribution is -2.26. The van der Waals surface area contributed by atoms with Gasteiger partial charge in [0.15, 0.2) is 0 Å². The third-order valence-electron chi connectivity index (χ3n) is 2.51. The van der Waals surface area contributed by atoms with E-state index in [2.05, 4.69) is 4.72 Å². The zero-order valence-corrected chi connectivity index (χ0v) is 13.2. The molecular formula is C11H20N2O2S3. The average Bonchev–Trinajstić information content (AvgIpc) is 2.71. The van der Waals surface area contributed by atoms with E-state index in [1.807, 2.05) is 11.6 Å². The second-order valence-corrected chi connectivity index (χ2v) is 7.63. The molecular weight excluding hydrogens is 288 g/mol. The fourth-order valence-electron chi connectivity index (χ4n) is 1.64. The van der Waals surface area contributed by atoms with Gasteiger partial charge in [0, 0.05) is 18.0 Å². The summed E-state index contributed by atoms with van der Waals surface area (Å²) in [5.41, 5.74) is 6.35. The number of sulfonamides is 1. The van der Waals surface area contributed by atoms with Crippen LogP contribution in [0.1, 0.15) is 23.3 Å². The van der Waals surface area contributed by atoms with Crippen molar-refractivity contribution in [3.63, 3.8) is 0 Å². The molecule has 1 aromatic rings. The van der Waals surface area contributed by atoms with Crippen molar-refractivity contribution < 1.29 is 8.42 Å². The van der Waals surface area contributed by atoms with Crippen LogP contribution in [0.2, 0.25) is 0 Å². The molecule has 1 heterocycles. The molecule has 0 spiro atoms. The molecule has 0 saturated heterocycles. The smallest absolute Gasteiger partial charge is 0.241 e. The number of thioether (sulfide) groups is 1. The van der Waals surface area contributed by atoms with Gasteiger partial charge in [-0.25, -0.2) is 13.1 Å². The molecule has 3 N–H and O–H groups in total. The SMILES string of the molecule is CSCCCCNS(=O)(=O)c1c(C)csc1CN. The molecule has 18 heavy (non-hydrogen) atoms. The molecule has 0 fully saturated rings. The standard InChI is InChI=1S/C11H20N2O2S3/c1-9-8-17-10(7-12)11(9)18(14,15)13-5-3-4-6-16-2/h8,13H,3-7,12H2,1-2H3. The molecule has 0 bridgehead atoms. The minimum absolute atomic E-state index is 0.265. The third kappa shape index (κ3) is 4.24. The molecule has 0 atom stereocenters. The summed E-state index contributed by atoms with van der Waals surface area (Å²) in [5, 5.41) is 1.84. The van der Waals surface area contributed by atoms with Crippen molar-refractivity contribution in [3.8, 4) is 0 Å². The first kappa shape index (κ1) is 16.0. The van der Waals surface area contributed by atoms with Crippen molar-refractivity contribution in [2.24, 2.45) is 5.73 Å². The van der Waals surface area contributed by atoms with Gasteiger partial charge in [0.2, 0.25) is 10.0 Å². The number of thiophene rings is 1. The highest BCUT2D eigenvalue weighted by Gasteiger charge is 2.21. The van der Waals surface area contributed by atoms with Gasteiger partial charge in [-0.1, -0.05) is 0 Å². The molecule has 0 saturated carbocycles. The first-order chi connectivity index (χ1) is 8.53. The molecule has 0 aliphatic carbocycles. The Bertz CT molecular complexity index is 469. The maximum absolute atomic E-state index is 12.2. The summed E-state index contributed by atoms with van der Waals surface area (Å²) >= 11 is 3.18. The quantitative estimate of drug-likeness (QED) is 0.720. The van der Waals surface area contributed by atoms with Crippen LogP contribution in [0.3, 0.4) is 0 Å². The number of nitrogens with two attached hydrogens (primary N) is 1. The van der Waals surface area contributed by atoms with Crippen LogP contribution in [0.4, 0.5) is 0 Å². The van der Waals surface area contributed by atoms with E-state index in [1.165, 1.54) is 11.3 Å². The summed E-state index contributed by atoms with van der Waals surface area (Å²) in [6.45, 7) is 2.56. The van der Waals surface area contributed by atoms with Crippen LogP contribution >= 0.6 is 23.1 Å². The molecule has 0 unspecified atom stereocenters. The van der Waals surface area contributed by atoms with Gasteiger partial charge in [-0.05, 0) is 42.7 Å². The summed E-state index contributed by atoms with van der Waals surface area (Å²) in [5.74, 6) is 1.06. The van der Waals surface area contributed by atoms with Gasteiger partial charge in [0.25, 0.3) is 0 Å². The van der Waals surface area contributed by atoms with Gasteiger partial charge in [-0.3, -0.25) is 0 Å². The van der Waals surface area contributed by atoms with E-state index >= 15 is 0 Å². The lowest BCUT2D eigenvalue weighted by atomic mass is 10.3. The normalized spacial score (nSPS) is 11.9. The second-order valence-electron chi connectivity index (χ2n) is 3.97. The minimum Gasteiger partial charge on any atom is -0.326 e. The van der Waals surface area contributed by atoms with Gasteiger partial charge in [-0.15, -0.1) is 11.3 Å². The zero-order valence-electron chi connectivity index (χ0n) is 10.7. The van der Waals surface area contributed by atoms with Crippen LogP contribution in [0.25, 0.3) is 0 Å². The molecule has 1 rings (SSSR count). The maximum Gasteiger partial charge on any atom is 0.241 e. The van der Waals surface area contributed by atoms with Crippen molar-refractivity contribution >= 4 is 33.1 Å². The van der Waals surface area contributed by atoms with Gasteiger partial charge in [0.1, 0.15) is 4.90 Å². The number of rotatable bonds is 8. The maximum atomic E-state index is 12.2. The van der Waals surface area contributed by atoms with Crippen LogP contribution in [-0.2, 0) is 16.6 Å². The molecule has 0 aliphatic rings. The Morgan fingerprint density at radius 1 is 1.44 bits per heavy atom. The van der Waals surface area contributed by atoms with Crippen LogP contribution < -0.4 is 10.5 Å². The van der Waals surface area contributed by atoms with Crippen molar-refractivity contribution in [3.05, 3.63) is 15.8 Å². The highest BCUT2D eigenvalue weighted by molar-refractivity contribution is 7.98. The van der Waals surface area contributed by atoms with E-state index in [-0.39, 0.29) is 6.54 Å². The zero-order chi connectivity index (χ0) is 13.6. The van der Waals surface area contributed by atoms with Gasteiger partial charge in [0.05, 0.1) is 0 Å². The summed E-state index contributed by atoms with van der Waals surface area (Å²) in [6.07, 6.45) is 3.93. The highest BCUT2D eigenvalue weighted by atomic mass is 32.2. The summed E-state index contributed by atoms with van der Waals surface area (Å²) in [6, 6.07) is 0. The fourth-order valence-corrected chi connectivity index (χ4v) is 4.90. The summed E-state index contributed by atoms with van der Waals surface area (Å²) in [4.78, 5) is 1.10. The monoisotopic (exact) mass is 308 g/mol. The molecule has 7 heteroatoms. The van der Waals surface area contributed by atoms with Gasteiger partial charge >= 0.3 is 0 Å². The van der Waals surface area contributed by atoms with Crippen LogP contribution in [0, 0.1) is 6.92 Å². The first-order valence-electron chi connectivity index (χ1n) is 5.78. The molecule has 0 aromatic carbocycles. The molecule has 4 nitrogen and oxygen atoms in total. The van der Waals surface area contributed by atoms with Gasteiger partial charge < -0.3 is 5.73 Å². The Labute approximate surface area is 117 Å². The molecule has 0 radical (unpaired) electrons. The fraction of sp³-hybridized carbons (Fsp3) is 0.636. The van der Waals surface area contributed by atoms with E-state index in [4.69, 9.17) is 5.73 Å². The highest BCUT2D eigenvalue weighted by Crippen LogP contribution is 2.26. The lowest BCUT2D eigenvalue weighted by molar-refractivity contribution is 0.577. The van der Waals surface area contributed by atoms with E-state index in [1.54, 1.807) is 18.7 Å². The van der Waals surface area contributed by atoms with Crippen LogP contribution in [0.15, 0.2) is 10.3 Å².